The van der Waals surface area contributed by atoms with Crippen molar-refractivity contribution < 1.29 is 39.5 Å². The average Bonchev–Trinajstić information content (AvgIpc) is 2.72. The Labute approximate surface area is 169 Å². The standard InChI is InChI=1S/C20H29NO8/c1-2-28-20(27)13(10-12-6-4-3-5-7-12)21-16(23)9-8-14-17(24)19(26)18(25)15(11-22)29-14/h3-7,13-15,17-19,22,24-26H,2,8-11H2,1H3,(H,21,23)/t13-,14+,15+,17-,18+,19+/m0/s1. The van der Waals surface area contributed by atoms with Crippen LogP contribution in [-0.2, 0) is 25.5 Å². The van der Waals surface area contributed by atoms with Crippen LogP contribution in [0.25, 0.3) is 0 Å². The highest BCUT2D eigenvalue weighted by atomic mass is 16.5. The molecular weight excluding hydrogens is 382 g/mol. The highest BCUT2D eigenvalue weighted by Gasteiger charge is 2.43. The minimum atomic E-state index is -1.49. The van der Waals surface area contributed by atoms with Crippen molar-refractivity contribution in [2.45, 2.75) is 62.7 Å². The molecule has 1 aromatic carbocycles. The second kappa shape index (κ2) is 11.2. The third kappa shape index (κ3) is 6.48. The molecule has 0 aromatic heterocycles. The molecule has 9 heteroatoms. The summed E-state index contributed by atoms with van der Waals surface area (Å²) in [4.78, 5) is 24.6. The summed E-state index contributed by atoms with van der Waals surface area (Å²) in [5, 5.41) is 41.5. The van der Waals surface area contributed by atoms with Crippen LogP contribution in [0.4, 0.5) is 0 Å². The van der Waals surface area contributed by atoms with E-state index >= 15 is 0 Å². The molecule has 29 heavy (non-hydrogen) atoms. The molecule has 0 spiro atoms. The molecule has 0 aliphatic carbocycles. The van der Waals surface area contributed by atoms with Crippen molar-refractivity contribution in [3.63, 3.8) is 0 Å². The molecule has 0 radical (unpaired) electrons. The maximum absolute atomic E-state index is 12.4. The zero-order chi connectivity index (χ0) is 21.4. The Balaban J connectivity index is 1.94. The molecule has 2 rings (SSSR count). The topological polar surface area (TPSA) is 146 Å². The smallest absolute Gasteiger partial charge is 0.328 e. The molecule has 1 aliphatic rings. The van der Waals surface area contributed by atoms with Crippen LogP contribution in [0.3, 0.4) is 0 Å². The van der Waals surface area contributed by atoms with Gasteiger partial charge in [0, 0.05) is 12.8 Å². The summed E-state index contributed by atoms with van der Waals surface area (Å²) in [5.41, 5.74) is 0.861. The summed E-state index contributed by atoms with van der Waals surface area (Å²) in [6.07, 6.45) is -6.07. The van der Waals surface area contributed by atoms with Crippen molar-refractivity contribution in [1.29, 1.82) is 0 Å². The first-order chi connectivity index (χ1) is 13.9. The second-order valence-corrected chi connectivity index (χ2v) is 6.97. The summed E-state index contributed by atoms with van der Waals surface area (Å²) in [5.74, 6) is -0.992. The van der Waals surface area contributed by atoms with E-state index in [0.717, 1.165) is 5.56 Å². The van der Waals surface area contributed by atoms with Crippen molar-refractivity contribution in [3.05, 3.63) is 35.9 Å². The lowest BCUT2D eigenvalue weighted by Gasteiger charge is -2.40. The number of hydrogen-bond acceptors (Lipinski definition) is 8. The van der Waals surface area contributed by atoms with Crippen LogP contribution in [0.15, 0.2) is 30.3 Å². The number of carbonyl (C=O) groups is 2. The van der Waals surface area contributed by atoms with Crippen molar-refractivity contribution in [3.8, 4) is 0 Å². The minimum absolute atomic E-state index is 0.0359. The Morgan fingerprint density at radius 2 is 1.76 bits per heavy atom. The molecule has 6 atom stereocenters. The van der Waals surface area contributed by atoms with Gasteiger partial charge in [0.25, 0.3) is 0 Å². The Morgan fingerprint density at radius 1 is 1.10 bits per heavy atom. The van der Waals surface area contributed by atoms with Crippen LogP contribution in [0.1, 0.15) is 25.3 Å². The molecule has 9 nitrogen and oxygen atoms in total. The van der Waals surface area contributed by atoms with Gasteiger partial charge in [0.2, 0.25) is 5.91 Å². The molecule has 1 saturated heterocycles. The number of rotatable bonds is 9. The van der Waals surface area contributed by atoms with Crippen LogP contribution >= 0.6 is 0 Å². The van der Waals surface area contributed by atoms with Crippen LogP contribution in [0.2, 0.25) is 0 Å². The lowest BCUT2D eigenvalue weighted by atomic mass is 9.93. The third-order valence-electron chi connectivity index (χ3n) is 4.84. The maximum Gasteiger partial charge on any atom is 0.328 e. The lowest BCUT2D eigenvalue weighted by Crippen LogP contribution is -2.58. The maximum atomic E-state index is 12.4. The summed E-state index contributed by atoms with van der Waals surface area (Å²) in [7, 11) is 0. The van der Waals surface area contributed by atoms with Crippen molar-refractivity contribution in [2.75, 3.05) is 13.2 Å². The molecule has 5 N–H and O–H groups in total. The van der Waals surface area contributed by atoms with Gasteiger partial charge in [-0.05, 0) is 18.9 Å². The molecule has 0 unspecified atom stereocenters. The largest absolute Gasteiger partial charge is 0.464 e. The van der Waals surface area contributed by atoms with Crippen molar-refractivity contribution in [2.24, 2.45) is 0 Å². The SMILES string of the molecule is CCOC(=O)[C@H](Cc1ccccc1)NC(=O)CC[C@H]1O[C@H](CO)[C@@H](O)[C@H](O)[C@H]1O. The predicted octanol–water partition coefficient (Wildman–Crippen LogP) is -1.10. The predicted molar refractivity (Wildman–Crippen MR) is 102 cm³/mol. The Morgan fingerprint density at radius 3 is 2.38 bits per heavy atom. The minimum Gasteiger partial charge on any atom is -0.464 e. The summed E-state index contributed by atoms with van der Waals surface area (Å²) in [6.45, 7) is 1.33. The highest BCUT2D eigenvalue weighted by molar-refractivity contribution is 5.84. The summed E-state index contributed by atoms with van der Waals surface area (Å²) < 4.78 is 10.4. The van der Waals surface area contributed by atoms with Gasteiger partial charge < -0.3 is 35.2 Å². The molecule has 1 aromatic rings. The van der Waals surface area contributed by atoms with Crippen LogP contribution in [0, 0.1) is 0 Å². The van der Waals surface area contributed by atoms with E-state index in [9.17, 15) is 30.0 Å². The third-order valence-corrected chi connectivity index (χ3v) is 4.84. The van der Waals surface area contributed by atoms with Gasteiger partial charge in [-0.3, -0.25) is 4.79 Å². The Bertz CT molecular complexity index is 653. The molecule has 1 aliphatic heterocycles. The molecule has 0 saturated carbocycles. The quantitative estimate of drug-likeness (QED) is 0.322. The number of aliphatic hydroxyl groups is 4. The highest BCUT2D eigenvalue weighted by Crippen LogP contribution is 2.24. The van der Waals surface area contributed by atoms with Crippen molar-refractivity contribution >= 4 is 11.9 Å². The van der Waals surface area contributed by atoms with Gasteiger partial charge >= 0.3 is 5.97 Å². The number of carbonyl (C=O) groups excluding carboxylic acids is 2. The number of ether oxygens (including phenoxy) is 2. The fourth-order valence-electron chi connectivity index (χ4n) is 3.24. The summed E-state index contributed by atoms with van der Waals surface area (Å²) >= 11 is 0. The van der Waals surface area contributed by atoms with Gasteiger partial charge in [-0.1, -0.05) is 30.3 Å². The van der Waals surface area contributed by atoms with Gasteiger partial charge in [0.15, 0.2) is 0 Å². The van der Waals surface area contributed by atoms with Gasteiger partial charge in [-0.15, -0.1) is 0 Å². The normalized spacial score (nSPS) is 27.8. The van der Waals surface area contributed by atoms with Gasteiger partial charge in [0.05, 0.1) is 19.3 Å². The Kier molecular flexibility index (Phi) is 8.99. The fraction of sp³-hybridized carbons (Fsp3) is 0.600. The molecule has 1 fully saturated rings. The number of esters is 1. The molecule has 162 valence electrons. The molecule has 1 amide bonds. The molecular formula is C20H29NO8. The Hall–Kier alpha value is -2.04. The first kappa shape index (κ1) is 23.2. The lowest BCUT2D eigenvalue weighted by molar-refractivity contribution is -0.230. The van der Waals surface area contributed by atoms with E-state index in [1.807, 2.05) is 30.3 Å². The van der Waals surface area contributed by atoms with E-state index in [2.05, 4.69) is 5.32 Å². The number of benzene rings is 1. The van der Waals surface area contributed by atoms with E-state index < -0.39 is 55.0 Å². The van der Waals surface area contributed by atoms with Crippen LogP contribution in [-0.4, -0.2) is 82.1 Å². The second-order valence-electron chi connectivity index (χ2n) is 6.97. The number of hydrogen-bond donors (Lipinski definition) is 5. The van der Waals surface area contributed by atoms with Gasteiger partial charge in [-0.2, -0.15) is 0 Å². The van der Waals surface area contributed by atoms with Crippen molar-refractivity contribution in [1.82, 2.24) is 5.32 Å². The first-order valence-corrected chi connectivity index (χ1v) is 9.67. The average molecular weight is 411 g/mol. The monoisotopic (exact) mass is 411 g/mol. The van der Waals surface area contributed by atoms with Gasteiger partial charge in [0.1, 0.15) is 30.5 Å². The van der Waals surface area contributed by atoms with Crippen LogP contribution in [0.5, 0.6) is 0 Å². The van der Waals surface area contributed by atoms with E-state index in [-0.39, 0.29) is 25.9 Å². The molecule has 0 bridgehead atoms. The zero-order valence-corrected chi connectivity index (χ0v) is 16.3. The van der Waals surface area contributed by atoms with E-state index in [1.165, 1.54) is 0 Å². The zero-order valence-electron chi connectivity index (χ0n) is 16.3. The first-order valence-electron chi connectivity index (χ1n) is 9.67. The number of aliphatic hydroxyl groups excluding tert-OH is 4. The summed E-state index contributed by atoms with van der Waals surface area (Å²) in [6, 6.07) is 8.33. The van der Waals surface area contributed by atoms with E-state index in [1.54, 1.807) is 6.92 Å². The fourth-order valence-corrected chi connectivity index (χ4v) is 3.24. The van der Waals surface area contributed by atoms with E-state index in [0.29, 0.717) is 0 Å². The number of nitrogens with one attached hydrogen (secondary N) is 1. The van der Waals surface area contributed by atoms with Gasteiger partial charge in [-0.25, -0.2) is 4.79 Å². The van der Waals surface area contributed by atoms with Crippen LogP contribution < -0.4 is 5.32 Å². The van der Waals surface area contributed by atoms with E-state index in [4.69, 9.17) is 9.47 Å². The number of amides is 1. The molecule has 1 heterocycles.